The van der Waals surface area contributed by atoms with Crippen molar-refractivity contribution in [2.45, 2.75) is 13.0 Å². The summed E-state index contributed by atoms with van der Waals surface area (Å²) in [6, 6.07) is 8.92. The standard InChI is InChI=1S/C11H9BrF2N2S/c12-8-3-1-2-7(4-8)6-16-10(17)5-9(15-16)11(13)14/h1-5,11,15H,6H2. The third-order valence-corrected chi connectivity index (χ3v) is 3.11. The molecule has 1 aromatic carbocycles. The van der Waals surface area contributed by atoms with Gasteiger partial charge in [-0.3, -0.25) is 9.78 Å². The van der Waals surface area contributed by atoms with Gasteiger partial charge in [-0.05, 0) is 17.7 Å². The molecule has 17 heavy (non-hydrogen) atoms. The lowest BCUT2D eigenvalue weighted by Gasteiger charge is -2.04. The van der Waals surface area contributed by atoms with Crippen LogP contribution in [0.4, 0.5) is 8.78 Å². The molecular weight excluding hydrogens is 310 g/mol. The van der Waals surface area contributed by atoms with Crippen LogP contribution in [-0.4, -0.2) is 9.78 Å². The van der Waals surface area contributed by atoms with E-state index in [9.17, 15) is 8.78 Å². The van der Waals surface area contributed by atoms with Crippen LogP contribution in [0.5, 0.6) is 0 Å². The van der Waals surface area contributed by atoms with Gasteiger partial charge in [0.1, 0.15) is 10.3 Å². The Hall–Kier alpha value is -1.01. The van der Waals surface area contributed by atoms with Gasteiger partial charge in [0.05, 0.1) is 6.54 Å². The van der Waals surface area contributed by atoms with Crippen LogP contribution < -0.4 is 0 Å². The van der Waals surface area contributed by atoms with Gasteiger partial charge in [-0.1, -0.05) is 40.3 Å². The molecule has 0 spiro atoms. The van der Waals surface area contributed by atoms with Crippen LogP contribution in [0.3, 0.4) is 0 Å². The number of hydrogen-bond donors (Lipinski definition) is 1. The molecule has 1 heterocycles. The zero-order valence-electron chi connectivity index (χ0n) is 8.66. The maximum Gasteiger partial charge on any atom is 0.279 e. The Morgan fingerprint density at radius 3 is 2.71 bits per heavy atom. The van der Waals surface area contributed by atoms with Crippen LogP contribution in [0.2, 0.25) is 0 Å². The molecule has 90 valence electrons. The van der Waals surface area contributed by atoms with Gasteiger partial charge in [0.2, 0.25) is 0 Å². The largest absolute Gasteiger partial charge is 0.296 e. The highest BCUT2D eigenvalue weighted by molar-refractivity contribution is 9.10. The average molecular weight is 319 g/mol. The Labute approximate surface area is 110 Å². The van der Waals surface area contributed by atoms with Crippen molar-refractivity contribution in [3.8, 4) is 0 Å². The van der Waals surface area contributed by atoms with Crippen LogP contribution in [-0.2, 0) is 6.54 Å². The first kappa shape index (κ1) is 12.4. The molecule has 0 amide bonds. The lowest BCUT2D eigenvalue weighted by atomic mass is 10.2. The lowest BCUT2D eigenvalue weighted by molar-refractivity contribution is 0.145. The number of halogens is 3. The molecule has 0 radical (unpaired) electrons. The van der Waals surface area contributed by atoms with E-state index >= 15 is 0 Å². The minimum absolute atomic E-state index is 0.148. The van der Waals surface area contributed by atoms with Crippen molar-refractivity contribution in [2.24, 2.45) is 0 Å². The molecule has 6 heteroatoms. The molecule has 0 aliphatic rings. The molecule has 0 aliphatic carbocycles. The van der Waals surface area contributed by atoms with E-state index in [0.717, 1.165) is 10.0 Å². The van der Waals surface area contributed by atoms with E-state index in [1.54, 1.807) is 0 Å². The SMILES string of the molecule is FC(F)c1cc(=S)n(Cc2cccc(Br)c2)[nH]1. The molecule has 0 unspecified atom stereocenters. The Bertz CT molecular complexity index is 577. The number of nitrogens with zero attached hydrogens (tertiary/aromatic N) is 1. The van der Waals surface area contributed by atoms with Crippen LogP contribution in [0, 0.1) is 4.64 Å². The average Bonchev–Trinajstić information content (AvgIpc) is 2.61. The van der Waals surface area contributed by atoms with E-state index < -0.39 is 6.43 Å². The molecule has 0 atom stereocenters. The summed E-state index contributed by atoms with van der Waals surface area (Å²) < 4.78 is 27.8. The van der Waals surface area contributed by atoms with Gasteiger partial charge in [0, 0.05) is 10.5 Å². The topological polar surface area (TPSA) is 20.7 Å². The Morgan fingerprint density at radius 2 is 2.12 bits per heavy atom. The maximum absolute atomic E-state index is 12.5. The molecule has 0 saturated heterocycles. The summed E-state index contributed by atoms with van der Waals surface area (Å²) in [5.74, 6) is 0. The number of hydrogen-bond acceptors (Lipinski definition) is 1. The van der Waals surface area contributed by atoms with Gasteiger partial charge in [-0.25, -0.2) is 8.78 Å². The van der Waals surface area contributed by atoms with E-state index in [2.05, 4.69) is 21.0 Å². The molecule has 1 N–H and O–H groups in total. The number of nitrogens with one attached hydrogen (secondary N) is 1. The van der Waals surface area contributed by atoms with Crippen molar-refractivity contribution in [3.05, 3.63) is 50.7 Å². The van der Waals surface area contributed by atoms with Crippen molar-refractivity contribution in [3.63, 3.8) is 0 Å². The predicted molar refractivity (Wildman–Crippen MR) is 67.8 cm³/mol. The van der Waals surface area contributed by atoms with Crippen molar-refractivity contribution in [1.29, 1.82) is 0 Å². The van der Waals surface area contributed by atoms with E-state index in [1.807, 2.05) is 24.3 Å². The highest BCUT2D eigenvalue weighted by Gasteiger charge is 2.10. The van der Waals surface area contributed by atoms with Crippen LogP contribution in [0.15, 0.2) is 34.8 Å². The Balaban J connectivity index is 2.27. The number of alkyl halides is 2. The Kier molecular flexibility index (Phi) is 3.73. The first-order valence-electron chi connectivity index (χ1n) is 4.88. The first-order chi connectivity index (χ1) is 8.06. The van der Waals surface area contributed by atoms with Gasteiger partial charge in [-0.15, -0.1) is 0 Å². The molecule has 2 rings (SSSR count). The van der Waals surface area contributed by atoms with E-state index in [1.165, 1.54) is 10.7 Å². The maximum atomic E-state index is 12.5. The minimum atomic E-state index is -2.53. The summed E-state index contributed by atoms with van der Waals surface area (Å²) >= 11 is 8.37. The van der Waals surface area contributed by atoms with E-state index in [-0.39, 0.29) is 5.69 Å². The molecule has 2 aromatic rings. The lowest BCUT2D eigenvalue weighted by Crippen LogP contribution is -2.02. The third-order valence-electron chi connectivity index (χ3n) is 2.27. The van der Waals surface area contributed by atoms with Gasteiger partial charge < -0.3 is 0 Å². The van der Waals surface area contributed by atoms with E-state index in [0.29, 0.717) is 11.2 Å². The molecule has 0 aliphatic heterocycles. The number of benzene rings is 1. The summed E-state index contributed by atoms with van der Waals surface area (Å²) in [5, 5.41) is 2.60. The normalized spacial score (nSPS) is 11.1. The fraction of sp³-hybridized carbons (Fsp3) is 0.182. The molecule has 0 saturated carbocycles. The van der Waals surface area contributed by atoms with Crippen LogP contribution >= 0.6 is 28.1 Å². The highest BCUT2D eigenvalue weighted by Crippen LogP contribution is 2.18. The number of aromatic amines is 1. The first-order valence-corrected chi connectivity index (χ1v) is 6.09. The number of aromatic nitrogens is 2. The zero-order valence-corrected chi connectivity index (χ0v) is 11.1. The summed E-state index contributed by atoms with van der Waals surface area (Å²) in [6.45, 7) is 0.449. The van der Waals surface area contributed by atoms with Crippen molar-refractivity contribution in [1.82, 2.24) is 9.78 Å². The third kappa shape index (κ3) is 3.01. The quantitative estimate of drug-likeness (QED) is 0.837. The summed E-state index contributed by atoms with van der Waals surface area (Å²) in [7, 11) is 0. The van der Waals surface area contributed by atoms with Crippen molar-refractivity contribution in [2.75, 3.05) is 0 Å². The van der Waals surface area contributed by atoms with Crippen molar-refractivity contribution >= 4 is 28.1 Å². The predicted octanol–water partition coefficient (Wildman–Crippen LogP) is 4.29. The Morgan fingerprint density at radius 1 is 1.35 bits per heavy atom. The van der Waals surface area contributed by atoms with Crippen LogP contribution in [0.25, 0.3) is 0 Å². The summed E-state index contributed by atoms with van der Waals surface area (Å²) in [6.07, 6.45) is -2.53. The fourth-order valence-corrected chi connectivity index (χ4v) is 2.19. The minimum Gasteiger partial charge on any atom is -0.296 e. The molecule has 0 fully saturated rings. The second-order valence-electron chi connectivity index (χ2n) is 3.57. The van der Waals surface area contributed by atoms with Gasteiger partial charge in [0.25, 0.3) is 6.43 Å². The van der Waals surface area contributed by atoms with Crippen LogP contribution in [0.1, 0.15) is 17.7 Å². The number of rotatable bonds is 3. The smallest absolute Gasteiger partial charge is 0.279 e. The summed E-state index contributed by atoms with van der Waals surface area (Å²) in [4.78, 5) is 0. The van der Waals surface area contributed by atoms with Gasteiger partial charge >= 0.3 is 0 Å². The van der Waals surface area contributed by atoms with Crippen molar-refractivity contribution < 1.29 is 8.78 Å². The van der Waals surface area contributed by atoms with Gasteiger partial charge in [-0.2, -0.15) is 0 Å². The highest BCUT2D eigenvalue weighted by atomic mass is 79.9. The summed E-state index contributed by atoms with van der Waals surface area (Å²) in [5.41, 5.74) is 0.836. The molecule has 2 nitrogen and oxygen atoms in total. The molecular formula is C11H9BrF2N2S. The number of H-pyrrole nitrogens is 1. The molecule has 1 aromatic heterocycles. The second kappa shape index (κ2) is 5.10. The van der Waals surface area contributed by atoms with Gasteiger partial charge in [0.15, 0.2) is 0 Å². The fourth-order valence-electron chi connectivity index (χ4n) is 1.50. The zero-order chi connectivity index (χ0) is 12.4. The molecule has 0 bridgehead atoms. The monoisotopic (exact) mass is 318 g/mol. The second-order valence-corrected chi connectivity index (χ2v) is 4.90. The van der Waals surface area contributed by atoms with E-state index in [4.69, 9.17) is 12.2 Å².